The average Bonchev–Trinajstić information content (AvgIpc) is 2.55. The molecule has 0 spiro atoms. The Bertz CT molecular complexity index is 449. The summed E-state index contributed by atoms with van der Waals surface area (Å²) in [7, 11) is -4.67. The Balaban J connectivity index is -0.000000364. The van der Waals surface area contributed by atoms with Gasteiger partial charge in [0.25, 0.3) is 0 Å². The molecular formula is C19H39NaO6S. The second kappa shape index (κ2) is 22.4. The van der Waals surface area contributed by atoms with Crippen molar-refractivity contribution in [3.05, 3.63) is 12.2 Å². The predicted molar refractivity (Wildman–Crippen MR) is 107 cm³/mol. The van der Waals surface area contributed by atoms with Crippen LogP contribution in [0.2, 0.25) is 0 Å². The van der Waals surface area contributed by atoms with Crippen molar-refractivity contribution in [1.29, 1.82) is 0 Å². The van der Waals surface area contributed by atoms with Crippen LogP contribution in [0.3, 0.4) is 0 Å². The average molecular weight is 419 g/mol. The number of unbranched alkanes of at least 4 members (excludes halogenated alkanes) is 10. The van der Waals surface area contributed by atoms with Gasteiger partial charge in [0.1, 0.15) is 0 Å². The van der Waals surface area contributed by atoms with E-state index in [9.17, 15) is 4.79 Å². The first-order valence-corrected chi connectivity index (χ1v) is 11.2. The van der Waals surface area contributed by atoms with Gasteiger partial charge >= 0.3 is 45.9 Å². The van der Waals surface area contributed by atoms with Crippen molar-refractivity contribution >= 4 is 16.4 Å². The van der Waals surface area contributed by atoms with Gasteiger partial charge < -0.3 is 6.16 Å². The van der Waals surface area contributed by atoms with Gasteiger partial charge in [-0.3, -0.25) is 9.11 Å². The number of carbonyl (C=O) groups is 1. The van der Waals surface area contributed by atoms with Crippen molar-refractivity contribution in [3.8, 4) is 0 Å². The maximum Gasteiger partial charge on any atom is 1.00 e. The molecule has 0 aromatic rings. The van der Waals surface area contributed by atoms with E-state index in [2.05, 4.69) is 20.4 Å². The predicted octanol–water partition coefficient (Wildman–Crippen LogP) is 2.66. The molecule has 158 valence electrons. The molecule has 0 atom stereocenters. The van der Waals surface area contributed by atoms with Crippen molar-refractivity contribution in [3.63, 3.8) is 0 Å². The third-order valence-electron chi connectivity index (χ3n) is 3.85. The van der Waals surface area contributed by atoms with Crippen molar-refractivity contribution in [2.75, 3.05) is 6.61 Å². The molecule has 0 radical (unpaired) electrons. The second-order valence-corrected chi connectivity index (χ2v) is 7.37. The number of esters is 1. The summed E-state index contributed by atoms with van der Waals surface area (Å²) in [6.45, 7) is 8.72. The van der Waals surface area contributed by atoms with E-state index in [0.717, 1.165) is 25.7 Å². The monoisotopic (exact) mass is 418 g/mol. The summed E-state index contributed by atoms with van der Waals surface area (Å²) in [6.07, 6.45) is 15.9. The van der Waals surface area contributed by atoms with Crippen molar-refractivity contribution in [2.24, 2.45) is 0 Å². The van der Waals surface area contributed by atoms with Gasteiger partial charge in [-0.1, -0.05) is 84.6 Å². The van der Waals surface area contributed by atoms with E-state index in [0.29, 0.717) is 12.2 Å². The van der Waals surface area contributed by atoms with Gasteiger partial charge in [0.05, 0.1) is 6.61 Å². The van der Waals surface area contributed by atoms with Crippen LogP contribution in [0.1, 0.15) is 98.7 Å². The van der Waals surface area contributed by atoms with Crippen LogP contribution in [0.15, 0.2) is 12.2 Å². The Morgan fingerprint density at radius 3 is 1.63 bits per heavy atom. The van der Waals surface area contributed by atoms with E-state index in [1.165, 1.54) is 57.8 Å². The largest absolute Gasteiger partial charge is 1.00 e. The van der Waals surface area contributed by atoms with Crippen molar-refractivity contribution in [2.45, 2.75) is 97.3 Å². The fourth-order valence-corrected chi connectivity index (χ4v) is 2.34. The third kappa shape index (κ3) is 34.0. The quantitative estimate of drug-likeness (QED) is 0.139. The van der Waals surface area contributed by atoms with Gasteiger partial charge in [0, 0.05) is 5.57 Å². The zero-order valence-corrected chi connectivity index (χ0v) is 20.4. The maximum atomic E-state index is 11.6. The molecule has 0 fully saturated rings. The first-order chi connectivity index (χ1) is 12.2. The van der Waals surface area contributed by atoms with Crippen molar-refractivity contribution in [1.82, 2.24) is 0 Å². The molecule has 8 heteroatoms. The van der Waals surface area contributed by atoms with Crippen LogP contribution in [0, 0.1) is 0 Å². The molecule has 0 rings (SSSR count). The molecule has 0 unspecified atom stereocenters. The Morgan fingerprint density at radius 2 is 1.22 bits per heavy atom. The summed E-state index contributed by atoms with van der Waals surface area (Å²) >= 11 is 0. The minimum atomic E-state index is -4.67. The molecule has 0 aliphatic carbocycles. The minimum absolute atomic E-state index is 0. The summed E-state index contributed by atoms with van der Waals surface area (Å²) in [4.78, 5) is 11.6. The second-order valence-electron chi connectivity index (χ2n) is 6.47. The first kappa shape index (κ1) is 31.8. The molecule has 0 aromatic heterocycles. The first-order valence-electron chi connectivity index (χ1n) is 9.77. The number of hydrogen-bond donors (Lipinski definition) is 2. The number of carbonyl (C=O) groups excluding carboxylic acids is 1. The Labute approximate surface area is 189 Å². The van der Waals surface area contributed by atoms with Crippen LogP contribution in [0.5, 0.6) is 0 Å². The standard InChI is InChI=1S/C19H36O2.Na.H2O4S.H/c1-4-6-8-9-10-11-12-13-14-15-16-18(3)19(20)21-17-7-5-2;;1-5(2,3)4;/h3-17H2,1-2H3;;(H2,1,2,3,4);/q;+1;;-1. The van der Waals surface area contributed by atoms with Gasteiger partial charge in [-0.2, -0.15) is 8.42 Å². The Hall–Kier alpha value is 0.0800. The molecule has 0 aliphatic heterocycles. The van der Waals surface area contributed by atoms with E-state index in [1.54, 1.807) is 0 Å². The van der Waals surface area contributed by atoms with Crippen LogP contribution in [-0.2, 0) is 19.9 Å². The van der Waals surface area contributed by atoms with Gasteiger partial charge in [-0.25, -0.2) is 4.79 Å². The fraction of sp³-hybridized carbons (Fsp3) is 0.842. The van der Waals surface area contributed by atoms with E-state index < -0.39 is 10.4 Å². The van der Waals surface area contributed by atoms with Crippen LogP contribution >= 0.6 is 0 Å². The van der Waals surface area contributed by atoms with E-state index in [4.69, 9.17) is 22.3 Å². The van der Waals surface area contributed by atoms with Crippen LogP contribution in [-0.4, -0.2) is 30.1 Å². The van der Waals surface area contributed by atoms with Crippen LogP contribution in [0.25, 0.3) is 0 Å². The molecule has 6 nitrogen and oxygen atoms in total. The molecule has 0 heterocycles. The topological polar surface area (TPSA) is 101 Å². The molecule has 27 heavy (non-hydrogen) atoms. The third-order valence-corrected chi connectivity index (χ3v) is 3.85. The van der Waals surface area contributed by atoms with Gasteiger partial charge in [-0.05, 0) is 19.3 Å². The summed E-state index contributed by atoms with van der Waals surface area (Å²) in [5.41, 5.74) is 0.644. The fourth-order valence-electron chi connectivity index (χ4n) is 2.34. The number of rotatable bonds is 15. The molecule has 0 saturated carbocycles. The molecule has 0 saturated heterocycles. The summed E-state index contributed by atoms with van der Waals surface area (Å²) in [5.74, 6) is -0.195. The molecule has 0 aromatic carbocycles. The minimum Gasteiger partial charge on any atom is -1.00 e. The van der Waals surface area contributed by atoms with Gasteiger partial charge in [0.15, 0.2) is 0 Å². The summed E-state index contributed by atoms with van der Waals surface area (Å²) in [5, 5.41) is 0. The van der Waals surface area contributed by atoms with E-state index in [-0.39, 0.29) is 37.0 Å². The van der Waals surface area contributed by atoms with Gasteiger partial charge in [-0.15, -0.1) is 0 Å². The molecule has 0 bridgehead atoms. The van der Waals surface area contributed by atoms with Crippen LogP contribution in [0.4, 0.5) is 0 Å². The summed E-state index contributed by atoms with van der Waals surface area (Å²) in [6, 6.07) is 0. The molecular weight excluding hydrogens is 379 g/mol. The number of ether oxygens (including phenoxy) is 1. The van der Waals surface area contributed by atoms with Crippen LogP contribution < -0.4 is 29.6 Å². The summed E-state index contributed by atoms with van der Waals surface area (Å²) < 4.78 is 36.7. The van der Waals surface area contributed by atoms with E-state index in [1.807, 2.05) is 0 Å². The smallest absolute Gasteiger partial charge is 1.00 e. The molecule has 0 amide bonds. The van der Waals surface area contributed by atoms with E-state index >= 15 is 0 Å². The zero-order chi connectivity index (χ0) is 20.3. The van der Waals surface area contributed by atoms with Gasteiger partial charge in [0.2, 0.25) is 0 Å². The van der Waals surface area contributed by atoms with Crippen molar-refractivity contribution < 1.29 is 58.0 Å². The molecule has 2 N–H and O–H groups in total. The zero-order valence-electron chi connectivity index (χ0n) is 18.5. The normalized spacial score (nSPS) is 10.4. The Morgan fingerprint density at radius 1 is 0.852 bits per heavy atom. The molecule has 0 aliphatic rings. The number of hydrogen-bond acceptors (Lipinski definition) is 4. The SMILES string of the molecule is C=C(CCCCCCCCCCCC)C(=O)OCCCC.O=S(=O)(O)O.[H-].[Na+]. The maximum absolute atomic E-state index is 11.6. The Kier molecular flexibility index (Phi) is 26.3.